The number of nitrogens with two attached hydrogens (primary N) is 1. The van der Waals surface area contributed by atoms with E-state index in [1.54, 1.807) is 24.3 Å². The summed E-state index contributed by atoms with van der Waals surface area (Å²) in [6, 6.07) is 6.83. The van der Waals surface area contributed by atoms with Crippen molar-refractivity contribution in [3.63, 3.8) is 0 Å². The predicted octanol–water partition coefficient (Wildman–Crippen LogP) is 1.69. The molecule has 4 nitrogen and oxygen atoms in total. The van der Waals surface area contributed by atoms with E-state index < -0.39 is 6.09 Å². The molecule has 0 aliphatic carbocycles. The zero-order chi connectivity index (χ0) is 9.84. The van der Waals surface area contributed by atoms with Crippen molar-refractivity contribution in [3.8, 4) is 0 Å². The predicted molar refractivity (Wildman–Crippen MR) is 49.2 cm³/mol. The normalized spacial score (nSPS) is 9.69. The molecule has 1 aromatic carbocycles. The van der Waals surface area contributed by atoms with Crippen molar-refractivity contribution in [2.75, 3.05) is 0 Å². The standard InChI is InChI=1S/C8H9ClN2O2/c9-7-3-1-6(2-4-7)5-11(10)8(12)13/h1-4H,5,10H2,(H,12,13). The molecule has 0 aromatic heterocycles. The van der Waals surface area contributed by atoms with E-state index in [9.17, 15) is 4.79 Å². The molecule has 1 rings (SSSR count). The Labute approximate surface area is 80.5 Å². The summed E-state index contributed by atoms with van der Waals surface area (Å²) in [5.74, 6) is 5.19. The molecule has 0 spiro atoms. The summed E-state index contributed by atoms with van der Waals surface area (Å²) in [6.07, 6.45) is -1.16. The molecule has 0 atom stereocenters. The van der Waals surface area contributed by atoms with Crippen LogP contribution in [0.1, 0.15) is 5.56 Å². The van der Waals surface area contributed by atoms with Gasteiger partial charge in [0.15, 0.2) is 0 Å². The quantitative estimate of drug-likeness (QED) is 0.434. The maximum absolute atomic E-state index is 10.3. The monoisotopic (exact) mass is 200 g/mol. The second-order valence-electron chi connectivity index (χ2n) is 2.54. The minimum absolute atomic E-state index is 0.159. The third kappa shape index (κ3) is 2.93. The number of carbonyl (C=O) groups is 1. The van der Waals surface area contributed by atoms with Gasteiger partial charge >= 0.3 is 6.09 Å². The number of benzene rings is 1. The maximum atomic E-state index is 10.3. The van der Waals surface area contributed by atoms with Crippen LogP contribution < -0.4 is 5.84 Å². The number of amides is 1. The van der Waals surface area contributed by atoms with Crippen molar-refractivity contribution in [3.05, 3.63) is 34.9 Å². The van der Waals surface area contributed by atoms with Gasteiger partial charge in [-0.25, -0.2) is 15.6 Å². The number of nitrogens with zero attached hydrogens (tertiary/aromatic N) is 1. The van der Waals surface area contributed by atoms with E-state index in [0.717, 1.165) is 5.56 Å². The first-order chi connectivity index (χ1) is 6.09. The van der Waals surface area contributed by atoms with Gasteiger partial charge in [-0.15, -0.1) is 0 Å². The average Bonchev–Trinajstić information content (AvgIpc) is 2.08. The molecule has 0 saturated carbocycles. The van der Waals surface area contributed by atoms with Gasteiger partial charge in [0, 0.05) is 5.02 Å². The van der Waals surface area contributed by atoms with Crippen molar-refractivity contribution in [1.29, 1.82) is 0 Å². The van der Waals surface area contributed by atoms with Crippen molar-refractivity contribution in [2.45, 2.75) is 6.54 Å². The molecule has 0 aliphatic rings. The van der Waals surface area contributed by atoms with Crippen LogP contribution in [0.3, 0.4) is 0 Å². The molecule has 0 fully saturated rings. The topological polar surface area (TPSA) is 66.6 Å². The van der Waals surface area contributed by atoms with Crippen LogP contribution in [0.15, 0.2) is 24.3 Å². The van der Waals surface area contributed by atoms with E-state index in [-0.39, 0.29) is 6.54 Å². The summed E-state index contributed by atoms with van der Waals surface area (Å²) in [5, 5.41) is 9.80. The second-order valence-corrected chi connectivity index (χ2v) is 2.97. The zero-order valence-electron chi connectivity index (χ0n) is 6.77. The van der Waals surface area contributed by atoms with Gasteiger partial charge < -0.3 is 5.11 Å². The molecule has 0 aliphatic heterocycles. The minimum Gasteiger partial charge on any atom is -0.464 e. The first-order valence-corrected chi connectivity index (χ1v) is 3.97. The first kappa shape index (κ1) is 9.83. The van der Waals surface area contributed by atoms with Crippen LogP contribution in [-0.2, 0) is 6.54 Å². The molecule has 0 unspecified atom stereocenters. The minimum atomic E-state index is -1.16. The number of hydrogen-bond acceptors (Lipinski definition) is 2. The van der Waals surface area contributed by atoms with Gasteiger partial charge in [0.25, 0.3) is 0 Å². The SMILES string of the molecule is NN(Cc1ccc(Cl)cc1)C(=O)O. The van der Waals surface area contributed by atoms with E-state index in [0.29, 0.717) is 10.0 Å². The Morgan fingerprint density at radius 3 is 2.46 bits per heavy atom. The van der Waals surface area contributed by atoms with Crippen molar-refractivity contribution < 1.29 is 9.90 Å². The molecule has 1 aromatic rings. The molecule has 0 radical (unpaired) electrons. The van der Waals surface area contributed by atoms with E-state index in [2.05, 4.69) is 0 Å². The Morgan fingerprint density at radius 1 is 1.46 bits per heavy atom. The highest BCUT2D eigenvalue weighted by Crippen LogP contribution is 2.10. The number of hydrazine groups is 1. The largest absolute Gasteiger partial charge is 0.464 e. The fourth-order valence-corrected chi connectivity index (χ4v) is 0.980. The molecule has 70 valence electrons. The first-order valence-electron chi connectivity index (χ1n) is 3.59. The Bertz CT molecular complexity index is 300. The van der Waals surface area contributed by atoms with Crippen molar-refractivity contribution in [1.82, 2.24) is 5.01 Å². The molecule has 1 amide bonds. The lowest BCUT2D eigenvalue weighted by Gasteiger charge is -2.11. The fourth-order valence-electron chi connectivity index (χ4n) is 0.854. The highest BCUT2D eigenvalue weighted by molar-refractivity contribution is 6.30. The molecule has 0 heterocycles. The molecular weight excluding hydrogens is 192 g/mol. The number of carboxylic acid groups (broad SMARTS) is 1. The Balaban J connectivity index is 2.64. The third-order valence-corrected chi connectivity index (χ3v) is 1.76. The van der Waals surface area contributed by atoms with E-state index in [1.165, 1.54) is 0 Å². The van der Waals surface area contributed by atoms with Crippen molar-refractivity contribution >= 4 is 17.7 Å². The molecule has 3 N–H and O–H groups in total. The van der Waals surface area contributed by atoms with Gasteiger partial charge in [0.05, 0.1) is 6.54 Å². The average molecular weight is 201 g/mol. The highest BCUT2D eigenvalue weighted by Gasteiger charge is 2.05. The summed E-state index contributed by atoms with van der Waals surface area (Å²) in [6.45, 7) is 0.159. The van der Waals surface area contributed by atoms with Gasteiger partial charge in [-0.05, 0) is 17.7 Å². The lowest BCUT2D eigenvalue weighted by Crippen LogP contribution is -2.35. The van der Waals surface area contributed by atoms with Crippen LogP contribution in [0.4, 0.5) is 4.79 Å². The van der Waals surface area contributed by atoms with Crippen LogP contribution in [-0.4, -0.2) is 16.2 Å². The van der Waals surface area contributed by atoms with E-state index >= 15 is 0 Å². The van der Waals surface area contributed by atoms with Gasteiger partial charge in [-0.2, -0.15) is 0 Å². The summed E-state index contributed by atoms with van der Waals surface area (Å²) < 4.78 is 0. The van der Waals surface area contributed by atoms with Crippen LogP contribution in [0.2, 0.25) is 5.02 Å². The third-order valence-electron chi connectivity index (χ3n) is 1.51. The molecule has 0 saturated heterocycles. The summed E-state index contributed by atoms with van der Waals surface area (Å²) in [7, 11) is 0. The summed E-state index contributed by atoms with van der Waals surface area (Å²) in [4.78, 5) is 10.3. The zero-order valence-corrected chi connectivity index (χ0v) is 7.53. The summed E-state index contributed by atoms with van der Waals surface area (Å²) >= 11 is 5.65. The molecular formula is C8H9ClN2O2. The Hall–Kier alpha value is -1.26. The van der Waals surface area contributed by atoms with Crippen molar-refractivity contribution in [2.24, 2.45) is 5.84 Å². The smallest absolute Gasteiger partial charge is 0.421 e. The Kier molecular flexibility index (Phi) is 3.11. The van der Waals surface area contributed by atoms with Crippen LogP contribution in [0.5, 0.6) is 0 Å². The van der Waals surface area contributed by atoms with Gasteiger partial charge in [-0.1, -0.05) is 23.7 Å². The van der Waals surface area contributed by atoms with Gasteiger partial charge in [0.2, 0.25) is 0 Å². The maximum Gasteiger partial charge on any atom is 0.421 e. The number of rotatable bonds is 2. The molecule has 0 bridgehead atoms. The van der Waals surface area contributed by atoms with E-state index in [1.807, 2.05) is 0 Å². The van der Waals surface area contributed by atoms with Crippen LogP contribution >= 0.6 is 11.6 Å². The highest BCUT2D eigenvalue weighted by atomic mass is 35.5. The van der Waals surface area contributed by atoms with E-state index in [4.69, 9.17) is 22.6 Å². The second kappa shape index (κ2) is 4.11. The van der Waals surface area contributed by atoms with Crippen LogP contribution in [0.25, 0.3) is 0 Å². The lowest BCUT2D eigenvalue weighted by molar-refractivity contribution is 0.143. The fraction of sp³-hybridized carbons (Fsp3) is 0.125. The number of hydrogen-bond donors (Lipinski definition) is 2. The Morgan fingerprint density at radius 2 is 2.00 bits per heavy atom. The summed E-state index contributed by atoms with van der Waals surface area (Å²) in [5.41, 5.74) is 0.800. The molecule has 5 heteroatoms. The molecule has 13 heavy (non-hydrogen) atoms. The number of halogens is 1. The van der Waals surface area contributed by atoms with Gasteiger partial charge in [-0.3, -0.25) is 0 Å². The van der Waals surface area contributed by atoms with Gasteiger partial charge in [0.1, 0.15) is 0 Å². The lowest BCUT2D eigenvalue weighted by atomic mass is 10.2. The van der Waals surface area contributed by atoms with Crippen LogP contribution in [0, 0.1) is 0 Å².